The van der Waals surface area contributed by atoms with Gasteiger partial charge in [0.25, 0.3) is 5.91 Å². The molecule has 2 aromatic rings. The first-order valence-corrected chi connectivity index (χ1v) is 10.2. The summed E-state index contributed by atoms with van der Waals surface area (Å²) in [5.74, 6) is 1.12. The third-order valence-corrected chi connectivity index (χ3v) is 5.59. The maximum Gasteiger partial charge on any atom is 0.277 e. The minimum Gasteiger partial charge on any atom is -0.497 e. The van der Waals surface area contributed by atoms with E-state index in [9.17, 15) is 9.18 Å². The predicted octanol–water partition coefficient (Wildman–Crippen LogP) is 2.44. The monoisotopic (exact) mass is 400 g/mol. The number of piperazine rings is 1. The lowest BCUT2D eigenvalue weighted by Crippen LogP contribution is -2.88. The van der Waals surface area contributed by atoms with Crippen molar-refractivity contribution in [1.29, 1.82) is 0 Å². The highest BCUT2D eigenvalue weighted by Crippen LogP contribution is 2.21. The van der Waals surface area contributed by atoms with Gasteiger partial charge < -0.3 is 19.9 Å². The highest BCUT2D eigenvalue weighted by Gasteiger charge is 2.25. The van der Waals surface area contributed by atoms with Crippen molar-refractivity contribution in [2.24, 2.45) is 5.92 Å². The second-order valence-corrected chi connectivity index (χ2v) is 7.83. The van der Waals surface area contributed by atoms with Crippen molar-refractivity contribution < 1.29 is 19.2 Å². The van der Waals surface area contributed by atoms with Crippen LogP contribution < -0.4 is 15.0 Å². The van der Waals surface area contributed by atoms with Gasteiger partial charge in [0.2, 0.25) is 0 Å². The summed E-state index contributed by atoms with van der Waals surface area (Å²) < 4.78 is 18.4. The molecule has 2 aromatic carbocycles. The van der Waals surface area contributed by atoms with Crippen LogP contribution in [-0.2, 0) is 4.79 Å². The van der Waals surface area contributed by atoms with Crippen LogP contribution in [0.3, 0.4) is 0 Å². The first-order chi connectivity index (χ1) is 14.0. The summed E-state index contributed by atoms with van der Waals surface area (Å²) in [5, 5.41) is 2.08. The summed E-state index contributed by atoms with van der Waals surface area (Å²) in [6, 6.07) is 14.8. The number of anilines is 1. The maximum atomic E-state index is 13.2. The van der Waals surface area contributed by atoms with E-state index < -0.39 is 0 Å². The summed E-state index contributed by atoms with van der Waals surface area (Å²) in [6.45, 7) is 7.75. The van der Waals surface area contributed by atoms with Gasteiger partial charge in [-0.3, -0.25) is 4.79 Å². The molecule has 1 saturated heterocycles. The van der Waals surface area contributed by atoms with Crippen LogP contribution in [-0.4, -0.2) is 50.6 Å². The molecule has 1 aliphatic rings. The number of ether oxygens (including phenoxy) is 1. The first kappa shape index (κ1) is 21.1. The Morgan fingerprint density at radius 3 is 2.21 bits per heavy atom. The van der Waals surface area contributed by atoms with Gasteiger partial charge in [0.15, 0.2) is 6.54 Å². The third kappa shape index (κ3) is 5.48. The van der Waals surface area contributed by atoms with E-state index >= 15 is 0 Å². The Bertz CT molecular complexity index is 785. The Morgan fingerprint density at radius 2 is 1.66 bits per heavy atom. The number of methoxy groups -OCH3 is 1. The summed E-state index contributed by atoms with van der Waals surface area (Å²) >= 11 is 0. The molecule has 0 aromatic heterocycles. The third-order valence-electron chi connectivity index (χ3n) is 5.59. The van der Waals surface area contributed by atoms with Gasteiger partial charge in [-0.15, -0.1) is 0 Å². The van der Waals surface area contributed by atoms with Crippen molar-refractivity contribution in [3.05, 3.63) is 59.9 Å². The first-order valence-electron chi connectivity index (χ1n) is 10.2. The molecule has 0 unspecified atom stereocenters. The van der Waals surface area contributed by atoms with Crippen molar-refractivity contribution in [3.8, 4) is 5.75 Å². The molecule has 0 spiro atoms. The van der Waals surface area contributed by atoms with E-state index in [1.165, 1.54) is 12.1 Å². The quantitative estimate of drug-likeness (QED) is 0.777. The van der Waals surface area contributed by atoms with Crippen molar-refractivity contribution in [3.63, 3.8) is 0 Å². The molecule has 29 heavy (non-hydrogen) atoms. The number of nitrogens with zero attached hydrogens (tertiary/aromatic N) is 2. The van der Waals surface area contributed by atoms with E-state index in [1.807, 2.05) is 29.2 Å². The highest BCUT2D eigenvalue weighted by atomic mass is 19.1. The van der Waals surface area contributed by atoms with Gasteiger partial charge in [0, 0.05) is 43.3 Å². The van der Waals surface area contributed by atoms with E-state index in [0.29, 0.717) is 12.5 Å². The van der Waals surface area contributed by atoms with Crippen molar-refractivity contribution in [2.45, 2.75) is 19.9 Å². The molecule has 5 nitrogen and oxygen atoms in total. The Balaban J connectivity index is 1.51. The average Bonchev–Trinajstić information content (AvgIpc) is 2.75. The zero-order valence-electron chi connectivity index (χ0n) is 17.5. The minimum atomic E-state index is -0.234. The van der Waals surface area contributed by atoms with Crippen molar-refractivity contribution >= 4 is 11.6 Å². The van der Waals surface area contributed by atoms with E-state index in [-0.39, 0.29) is 17.8 Å². The van der Waals surface area contributed by atoms with Gasteiger partial charge in [-0.2, -0.15) is 0 Å². The zero-order chi connectivity index (χ0) is 20.8. The number of amides is 1. The van der Waals surface area contributed by atoms with Gasteiger partial charge in [0.1, 0.15) is 17.6 Å². The van der Waals surface area contributed by atoms with E-state index in [1.54, 1.807) is 7.11 Å². The van der Waals surface area contributed by atoms with E-state index in [0.717, 1.165) is 43.2 Å². The fraction of sp³-hybridized carbons (Fsp3) is 0.435. The second kappa shape index (κ2) is 9.74. The molecule has 1 heterocycles. The SMILES string of the molecule is COc1ccc(N2CCN(C(=O)C[NH2+][C@@H](c3ccc(F)cc3)C(C)C)CC2)cc1. The standard InChI is InChI=1S/C23H30FN3O2/c1-17(2)23(18-4-6-19(24)7-5-18)25-16-22(28)27-14-12-26(13-15-27)20-8-10-21(29-3)11-9-20/h4-11,17,23,25H,12-16H2,1-3H3/p+1/t23-/m1/s1. The zero-order valence-corrected chi connectivity index (χ0v) is 17.5. The predicted molar refractivity (Wildman–Crippen MR) is 113 cm³/mol. The maximum absolute atomic E-state index is 13.2. The molecule has 6 heteroatoms. The second-order valence-electron chi connectivity index (χ2n) is 7.83. The number of hydrogen-bond acceptors (Lipinski definition) is 3. The molecule has 3 rings (SSSR count). The summed E-state index contributed by atoms with van der Waals surface area (Å²) in [5.41, 5.74) is 2.21. The summed E-state index contributed by atoms with van der Waals surface area (Å²) in [7, 11) is 1.66. The molecular weight excluding hydrogens is 369 g/mol. The van der Waals surface area contributed by atoms with E-state index in [4.69, 9.17) is 4.74 Å². The number of nitrogens with two attached hydrogens (primary N) is 1. The molecule has 1 amide bonds. The number of carbonyl (C=O) groups is 1. The van der Waals surface area contributed by atoms with Crippen LogP contribution in [0.5, 0.6) is 5.75 Å². The minimum absolute atomic E-state index is 0.139. The van der Waals surface area contributed by atoms with Gasteiger partial charge in [-0.1, -0.05) is 26.0 Å². The lowest BCUT2D eigenvalue weighted by Gasteiger charge is -2.36. The van der Waals surface area contributed by atoms with Crippen LogP contribution in [0.4, 0.5) is 10.1 Å². The lowest BCUT2D eigenvalue weighted by atomic mass is 9.96. The molecule has 2 N–H and O–H groups in total. The van der Waals surface area contributed by atoms with Crippen molar-refractivity contribution in [2.75, 3.05) is 44.7 Å². The lowest BCUT2D eigenvalue weighted by molar-refractivity contribution is -0.692. The molecule has 0 bridgehead atoms. The number of quaternary nitrogens is 1. The molecule has 1 atom stereocenters. The van der Waals surface area contributed by atoms with Crippen LogP contribution in [0.25, 0.3) is 0 Å². The van der Waals surface area contributed by atoms with Crippen LogP contribution in [0.1, 0.15) is 25.5 Å². The van der Waals surface area contributed by atoms with Gasteiger partial charge in [-0.05, 0) is 36.4 Å². The summed E-state index contributed by atoms with van der Waals surface area (Å²) in [6.07, 6.45) is 0. The van der Waals surface area contributed by atoms with Crippen LogP contribution in [0.2, 0.25) is 0 Å². The van der Waals surface area contributed by atoms with Gasteiger partial charge >= 0.3 is 0 Å². The smallest absolute Gasteiger partial charge is 0.277 e. The van der Waals surface area contributed by atoms with Crippen LogP contribution >= 0.6 is 0 Å². The number of benzene rings is 2. The Kier molecular flexibility index (Phi) is 7.09. The summed E-state index contributed by atoms with van der Waals surface area (Å²) in [4.78, 5) is 17.0. The number of rotatable bonds is 7. The van der Waals surface area contributed by atoms with Crippen LogP contribution in [0.15, 0.2) is 48.5 Å². The molecular formula is C23H31FN3O2+. The molecule has 0 radical (unpaired) electrons. The Morgan fingerprint density at radius 1 is 1.03 bits per heavy atom. The van der Waals surface area contributed by atoms with Crippen LogP contribution in [0, 0.1) is 11.7 Å². The normalized spacial score (nSPS) is 15.5. The number of carbonyl (C=O) groups excluding carboxylic acids is 1. The molecule has 1 aliphatic heterocycles. The highest BCUT2D eigenvalue weighted by molar-refractivity contribution is 5.77. The average molecular weight is 401 g/mol. The fourth-order valence-corrected chi connectivity index (χ4v) is 3.84. The molecule has 0 saturated carbocycles. The Hall–Kier alpha value is -2.60. The van der Waals surface area contributed by atoms with Gasteiger partial charge in [0.05, 0.1) is 7.11 Å². The topological polar surface area (TPSA) is 49.4 Å². The fourth-order valence-electron chi connectivity index (χ4n) is 3.84. The van der Waals surface area contributed by atoms with Gasteiger partial charge in [-0.25, -0.2) is 4.39 Å². The number of hydrogen-bond donors (Lipinski definition) is 1. The van der Waals surface area contributed by atoms with Crippen molar-refractivity contribution in [1.82, 2.24) is 4.90 Å². The molecule has 156 valence electrons. The largest absolute Gasteiger partial charge is 0.497 e. The van der Waals surface area contributed by atoms with E-state index in [2.05, 4.69) is 36.2 Å². The number of halogens is 1. The molecule has 1 fully saturated rings. The Labute approximate surface area is 172 Å². The molecule has 0 aliphatic carbocycles.